The van der Waals surface area contributed by atoms with E-state index in [1.54, 1.807) is 30.3 Å². The van der Waals surface area contributed by atoms with Gasteiger partial charge in [-0.1, -0.05) is 30.3 Å². The van der Waals surface area contributed by atoms with E-state index < -0.39 is 4.92 Å². The number of methoxy groups -OCH3 is 1. The van der Waals surface area contributed by atoms with Crippen LogP contribution in [0.2, 0.25) is 0 Å². The van der Waals surface area contributed by atoms with E-state index in [9.17, 15) is 20.0 Å². The van der Waals surface area contributed by atoms with E-state index in [-0.39, 0.29) is 28.5 Å². The summed E-state index contributed by atoms with van der Waals surface area (Å²) in [6.45, 7) is 0. The van der Waals surface area contributed by atoms with Crippen LogP contribution in [0.5, 0.6) is 11.5 Å². The van der Waals surface area contributed by atoms with Crippen LogP contribution in [0.4, 0.5) is 5.69 Å². The number of nitro benzene ring substituents is 1. The van der Waals surface area contributed by atoms with Crippen LogP contribution < -0.4 is 4.74 Å². The molecule has 0 aliphatic heterocycles. The molecular weight excluding hydrogens is 286 g/mol. The van der Waals surface area contributed by atoms with Gasteiger partial charge in [-0.25, -0.2) is 0 Å². The average molecular weight is 299 g/mol. The van der Waals surface area contributed by atoms with Gasteiger partial charge in [0.2, 0.25) is 5.75 Å². The molecule has 0 unspecified atom stereocenters. The first-order valence-electron chi connectivity index (χ1n) is 6.36. The number of phenols is 1. The number of carbonyl (C=O) groups is 1. The number of nitrogens with zero attached hydrogens (tertiary/aromatic N) is 1. The number of allylic oxidation sites excluding steroid dienone is 1. The molecule has 2 rings (SSSR count). The van der Waals surface area contributed by atoms with E-state index in [1.807, 2.05) is 0 Å². The van der Waals surface area contributed by atoms with Gasteiger partial charge in [0.25, 0.3) is 0 Å². The fraction of sp³-hybridized carbons (Fsp3) is 0.0625. The van der Waals surface area contributed by atoms with E-state index in [0.717, 1.165) is 0 Å². The molecule has 112 valence electrons. The topological polar surface area (TPSA) is 89.7 Å². The largest absolute Gasteiger partial charge is 0.504 e. The number of rotatable bonds is 5. The zero-order chi connectivity index (χ0) is 16.1. The SMILES string of the molecule is COc1c(O)ccc(/C=C/C(=O)c2ccccc2)c1[N+](=O)[O-]. The Morgan fingerprint density at radius 2 is 1.91 bits per heavy atom. The second kappa shape index (κ2) is 6.53. The van der Waals surface area contributed by atoms with Gasteiger partial charge in [0.1, 0.15) is 0 Å². The number of hydrogen-bond acceptors (Lipinski definition) is 5. The predicted molar refractivity (Wildman–Crippen MR) is 81.1 cm³/mol. The van der Waals surface area contributed by atoms with Crippen LogP contribution in [0.3, 0.4) is 0 Å². The number of benzene rings is 2. The first kappa shape index (κ1) is 15.2. The lowest BCUT2D eigenvalue weighted by molar-refractivity contribution is -0.386. The molecule has 1 N–H and O–H groups in total. The summed E-state index contributed by atoms with van der Waals surface area (Å²) >= 11 is 0. The van der Waals surface area contributed by atoms with E-state index in [2.05, 4.69) is 0 Å². The smallest absolute Gasteiger partial charge is 0.322 e. The number of aromatic hydroxyl groups is 1. The summed E-state index contributed by atoms with van der Waals surface area (Å²) in [5.74, 6) is -0.845. The van der Waals surface area contributed by atoms with Gasteiger partial charge in [0.15, 0.2) is 11.5 Å². The lowest BCUT2D eigenvalue weighted by Crippen LogP contribution is -1.98. The van der Waals surface area contributed by atoms with Crippen molar-refractivity contribution in [3.8, 4) is 11.5 Å². The maximum Gasteiger partial charge on any atom is 0.322 e. The van der Waals surface area contributed by atoms with Crippen LogP contribution in [-0.4, -0.2) is 22.9 Å². The van der Waals surface area contributed by atoms with Crippen molar-refractivity contribution >= 4 is 17.5 Å². The summed E-state index contributed by atoms with van der Waals surface area (Å²) in [6, 6.07) is 11.2. The van der Waals surface area contributed by atoms with Crippen molar-refractivity contribution in [3.05, 3.63) is 69.8 Å². The monoisotopic (exact) mass is 299 g/mol. The highest BCUT2D eigenvalue weighted by Gasteiger charge is 2.23. The molecule has 0 aliphatic carbocycles. The van der Waals surface area contributed by atoms with E-state index in [0.29, 0.717) is 5.56 Å². The Kier molecular flexibility index (Phi) is 4.53. The quantitative estimate of drug-likeness (QED) is 0.396. The van der Waals surface area contributed by atoms with Gasteiger partial charge in [-0.2, -0.15) is 0 Å². The van der Waals surface area contributed by atoms with E-state index in [1.165, 1.54) is 31.4 Å². The molecule has 0 atom stereocenters. The lowest BCUT2D eigenvalue weighted by Gasteiger charge is -2.06. The third-order valence-electron chi connectivity index (χ3n) is 3.00. The highest BCUT2D eigenvalue weighted by Crippen LogP contribution is 2.39. The molecular formula is C16H13NO5. The zero-order valence-electron chi connectivity index (χ0n) is 11.7. The second-order valence-electron chi connectivity index (χ2n) is 4.38. The minimum absolute atomic E-state index is 0.170. The summed E-state index contributed by atoms with van der Waals surface area (Å²) < 4.78 is 4.86. The van der Waals surface area contributed by atoms with Crippen LogP contribution in [-0.2, 0) is 0 Å². The van der Waals surface area contributed by atoms with E-state index >= 15 is 0 Å². The zero-order valence-corrected chi connectivity index (χ0v) is 11.7. The van der Waals surface area contributed by atoms with Crippen molar-refractivity contribution in [3.63, 3.8) is 0 Å². The first-order valence-corrected chi connectivity index (χ1v) is 6.36. The Morgan fingerprint density at radius 3 is 2.50 bits per heavy atom. The van der Waals surface area contributed by atoms with Crippen molar-refractivity contribution in [2.24, 2.45) is 0 Å². The number of phenolic OH excluding ortho intramolecular Hbond substituents is 1. The van der Waals surface area contributed by atoms with Crippen molar-refractivity contribution in [2.45, 2.75) is 0 Å². The molecule has 0 aliphatic rings. The van der Waals surface area contributed by atoms with Crippen LogP contribution >= 0.6 is 0 Å². The third kappa shape index (κ3) is 3.12. The standard InChI is InChI=1S/C16H13NO5/c1-22-16-14(19)10-8-12(15(16)17(20)21)7-9-13(18)11-5-3-2-4-6-11/h2-10,19H,1H3/b9-7+. The highest BCUT2D eigenvalue weighted by atomic mass is 16.6. The van der Waals surface area contributed by atoms with Gasteiger partial charge in [-0.05, 0) is 24.3 Å². The summed E-state index contributed by atoms with van der Waals surface area (Å²) in [4.78, 5) is 22.5. The van der Waals surface area contributed by atoms with Gasteiger partial charge < -0.3 is 9.84 Å². The van der Waals surface area contributed by atoms with Crippen LogP contribution in [0, 0.1) is 10.1 Å². The molecule has 22 heavy (non-hydrogen) atoms. The van der Waals surface area contributed by atoms with Crippen molar-refractivity contribution in [2.75, 3.05) is 7.11 Å². The van der Waals surface area contributed by atoms with Gasteiger partial charge >= 0.3 is 5.69 Å². The van der Waals surface area contributed by atoms with Gasteiger partial charge in [0.05, 0.1) is 17.6 Å². The summed E-state index contributed by atoms with van der Waals surface area (Å²) in [6.07, 6.45) is 2.57. The third-order valence-corrected chi connectivity index (χ3v) is 3.00. The fourth-order valence-corrected chi connectivity index (χ4v) is 1.96. The van der Waals surface area contributed by atoms with Crippen molar-refractivity contribution in [1.82, 2.24) is 0 Å². The van der Waals surface area contributed by atoms with Crippen LogP contribution in [0.25, 0.3) is 6.08 Å². The summed E-state index contributed by atoms with van der Waals surface area (Å²) in [5.41, 5.74) is 0.260. The maximum absolute atomic E-state index is 12.0. The number of ketones is 1. The molecule has 6 nitrogen and oxygen atoms in total. The van der Waals surface area contributed by atoms with Crippen LogP contribution in [0.15, 0.2) is 48.5 Å². The fourth-order valence-electron chi connectivity index (χ4n) is 1.96. The molecule has 6 heteroatoms. The molecule has 0 aromatic heterocycles. The molecule has 0 amide bonds. The number of carbonyl (C=O) groups excluding carboxylic acids is 1. The molecule has 2 aromatic rings. The Balaban J connectivity index is 2.39. The van der Waals surface area contributed by atoms with Crippen LogP contribution in [0.1, 0.15) is 15.9 Å². The molecule has 0 heterocycles. The minimum Gasteiger partial charge on any atom is -0.504 e. The Morgan fingerprint density at radius 1 is 1.23 bits per heavy atom. The normalized spacial score (nSPS) is 10.6. The molecule has 0 saturated heterocycles. The highest BCUT2D eigenvalue weighted by molar-refractivity contribution is 6.07. The number of hydrogen-bond donors (Lipinski definition) is 1. The van der Waals surface area contributed by atoms with E-state index in [4.69, 9.17) is 4.74 Å². The van der Waals surface area contributed by atoms with Gasteiger partial charge in [0, 0.05) is 5.56 Å². The number of ether oxygens (including phenoxy) is 1. The molecule has 0 radical (unpaired) electrons. The molecule has 0 bridgehead atoms. The average Bonchev–Trinajstić information content (AvgIpc) is 2.53. The van der Waals surface area contributed by atoms with Gasteiger partial charge in [-0.15, -0.1) is 0 Å². The van der Waals surface area contributed by atoms with Crippen molar-refractivity contribution < 1.29 is 19.6 Å². The summed E-state index contributed by atoms with van der Waals surface area (Å²) in [5, 5.41) is 20.8. The lowest BCUT2D eigenvalue weighted by atomic mass is 10.1. The molecule has 0 spiro atoms. The molecule has 2 aromatic carbocycles. The van der Waals surface area contributed by atoms with Gasteiger partial charge in [-0.3, -0.25) is 14.9 Å². The first-order chi connectivity index (χ1) is 10.5. The Labute approximate surface area is 126 Å². The number of nitro groups is 1. The predicted octanol–water partition coefficient (Wildman–Crippen LogP) is 3.21. The maximum atomic E-state index is 12.0. The molecule has 0 saturated carbocycles. The van der Waals surface area contributed by atoms with Crippen molar-refractivity contribution in [1.29, 1.82) is 0 Å². The minimum atomic E-state index is -0.661. The molecule has 0 fully saturated rings. The second-order valence-corrected chi connectivity index (χ2v) is 4.38. The Bertz CT molecular complexity index is 738. The summed E-state index contributed by atoms with van der Waals surface area (Å²) in [7, 11) is 1.23. The Hall–Kier alpha value is -3.15.